The third-order valence-electron chi connectivity index (χ3n) is 1.40. The second-order valence-electron chi connectivity index (χ2n) is 2.54. The molecule has 0 spiro atoms. The standard InChI is InChI=1S/C7H3ClF4O3S/c8-6-4(9)2-1-3-5(6)15-16(13,14)7(10,11)12/h1-3H. The van der Waals surface area contributed by atoms with E-state index in [0.717, 1.165) is 18.2 Å². The molecule has 0 heterocycles. The molecule has 0 radical (unpaired) electrons. The Bertz CT molecular complexity index is 497. The summed E-state index contributed by atoms with van der Waals surface area (Å²) in [5.74, 6) is -2.00. The maximum Gasteiger partial charge on any atom is 0.534 e. The molecule has 3 nitrogen and oxygen atoms in total. The normalized spacial score (nSPS) is 12.6. The number of alkyl halides is 3. The maximum absolute atomic E-state index is 12.8. The van der Waals surface area contributed by atoms with Crippen molar-refractivity contribution in [1.29, 1.82) is 0 Å². The second kappa shape index (κ2) is 4.10. The highest BCUT2D eigenvalue weighted by molar-refractivity contribution is 7.88. The van der Waals surface area contributed by atoms with E-state index in [1.165, 1.54) is 0 Å². The van der Waals surface area contributed by atoms with Gasteiger partial charge in [-0.05, 0) is 12.1 Å². The summed E-state index contributed by atoms with van der Waals surface area (Å²) in [4.78, 5) is 0. The minimum Gasteiger partial charge on any atom is -0.374 e. The van der Waals surface area contributed by atoms with Crippen molar-refractivity contribution in [1.82, 2.24) is 0 Å². The lowest BCUT2D eigenvalue weighted by atomic mass is 10.3. The fraction of sp³-hybridized carbons (Fsp3) is 0.143. The smallest absolute Gasteiger partial charge is 0.374 e. The van der Waals surface area contributed by atoms with Crippen LogP contribution in [0.3, 0.4) is 0 Å². The third kappa shape index (κ3) is 2.56. The van der Waals surface area contributed by atoms with Gasteiger partial charge in [0.2, 0.25) is 0 Å². The van der Waals surface area contributed by atoms with E-state index in [1.807, 2.05) is 0 Å². The Hall–Kier alpha value is -1.02. The molecule has 1 aromatic carbocycles. The van der Waals surface area contributed by atoms with Crippen molar-refractivity contribution in [3.05, 3.63) is 29.0 Å². The van der Waals surface area contributed by atoms with Gasteiger partial charge in [0, 0.05) is 0 Å². The summed E-state index contributed by atoms with van der Waals surface area (Å²) in [6.45, 7) is 0. The van der Waals surface area contributed by atoms with Gasteiger partial charge in [0.15, 0.2) is 5.75 Å². The molecule has 0 aliphatic carbocycles. The first-order valence-corrected chi connectivity index (χ1v) is 5.38. The maximum atomic E-state index is 12.8. The van der Waals surface area contributed by atoms with Crippen molar-refractivity contribution >= 4 is 21.7 Å². The van der Waals surface area contributed by atoms with Crippen LogP contribution in [0.25, 0.3) is 0 Å². The Morgan fingerprint density at radius 2 is 1.81 bits per heavy atom. The highest BCUT2D eigenvalue weighted by atomic mass is 35.5. The second-order valence-corrected chi connectivity index (χ2v) is 4.45. The first kappa shape index (κ1) is 13.0. The largest absolute Gasteiger partial charge is 0.534 e. The number of rotatable bonds is 2. The van der Waals surface area contributed by atoms with Gasteiger partial charge in [0.1, 0.15) is 10.8 Å². The van der Waals surface area contributed by atoms with E-state index in [-0.39, 0.29) is 0 Å². The average molecular weight is 279 g/mol. The Kier molecular flexibility index (Phi) is 3.34. The lowest BCUT2D eigenvalue weighted by Gasteiger charge is -2.10. The van der Waals surface area contributed by atoms with Crippen molar-refractivity contribution in [2.24, 2.45) is 0 Å². The molecule has 0 N–H and O–H groups in total. The number of hydrogen-bond donors (Lipinski definition) is 0. The monoisotopic (exact) mass is 278 g/mol. The first-order valence-electron chi connectivity index (χ1n) is 3.60. The van der Waals surface area contributed by atoms with Gasteiger partial charge in [0.05, 0.1) is 0 Å². The van der Waals surface area contributed by atoms with Crippen LogP contribution in [0.15, 0.2) is 18.2 Å². The van der Waals surface area contributed by atoms with E-state index in [9.17, 15) is 26.0 Å². The lowest BCUT2D eigenvalue weighted by Crippen LogP contribution is -2.28. The highest BCUT2D eigenvalue weighted by Crippen LogP contribution is 2.32. The number of halogens is 5. The fourth-order valence-corrected chi connectivity index (χ4v) is 1.39. The van der Waals surface area contributed by atoms with Crippen LogP contribution in [-0.4, -0.2) is 13.9 Å². The fourth-order valence-electron chi connectivity index (χ4n) is 0.714. The molecule has 0 bridgehead atoms. The summed E-state index contributed by atoms with van der Waals surface area (Å²) in [7, 11) is -5.84. The van der Waals surface area contributed by atoms with E-state index < -0.39 is 32.2 Å². The van der Waals surface area contributed by atoms with Crippen molar-refractivity contribution in [3.8, 4) is 5.75 Å². The number of benzene rings is 1. The Balaban J connectivity index is 3.12. The lowest BCUT2D eigenvalue weighted by molar-refractivity contribution is -0.0500. The summed E-state index contributed by atoms with van der Waals surface area (Å²) in [6.07, 6.45) is 0. The molecule has 0 fully saturated rings. The van der Waals surface area contributed by atoms with Gasteiger partial charge in [-0.25, -0.2) is 4.39 Å². The van der Waals surface area contributed by atoms with Crippen molar-refractivity contribution < 1.29 is 30.2 Å². The van der Waals surface area contributed by atoms with Crippen molar-refractivity contribution in [2.45, 2.75) is 5.51 Å². The average Bonchev–Trinajstić information content (AvgIpc) is 2.11. The molecule has 0 aliphatic rings. The van der Waals surface area contributed by atoms with Crippen molar-refractivity contribution in [3.63, 3.8) is 0 Å². The van der Waals surface area contributed by atoms with E-state index in [2.05, 4.69) is 4.18 Å². The summed E-state index contributed by atoms with van der Waals surface area (Å²) in [5, 5.41) is -0.838. The molecule has 16 heavy (non-hydrogen) atoms. The third-order valence-corrected chi connectivity index (χ3v) is 2.73. The molecule has 0 unspecified atom stereocenters. The van der Waals surface area contributed by atoms with Crippen LogP contribution < -0.4 is 4.18 Å². The zero-order valence-corrected chi connectivity index (χ0v) is 8.83. The van der Waals surface area contributed by atoms with E-state index in [0.29, 0.717) is 0 Å². The van der Waals surface area contributed by atoms with Crippen LogP contribution in [0.5, 0.6) is 5.75 Å². The molecule has 0 saturated heterocycles. The first-order chi connectivity index (χ1) is 7.15. The molecule has 0 atom stereocenters. The van der Waals surface area contributed by atoms with E-state index in [1.54, 1.807) is 0 Å². The predicted octanol–water partition coefficient (Wildman–Crippen LogP) is 2.71. The van der Waals surface area contributed by atoms with Crippen molar-refractivity contribution in [2.75, 3.05) is 0 Å². The molecule has 0 aliphatic heterocycles. The zero-order chi connectivity index (χ0) is 12.6. The number of hydrogen-bond acceptors (Lipinski definition) is 3. The molecule has 90 valence electrons. The van der Waals surface area contributed by atoms with Crippen LogP contribution in [0.4, 0.5) is 17.6 Å². The minimum absolute atomic E-state index is 0.800. The molecule has 9 heteroatoms. The molecule has 1 aromatic rings. The SMILES string of the molecule is O=S(=O)(Oc1cccc(F)c1Cl)C(F)(F)F. The van der Waals surface area contributed by atoms with Crippen LogP contribution in [0, 0.1) is 5.82 Å². The molecule has 0 aromatic heterocycles. The quantitative estimate of drug-likeness (QED) is 0.475. The summed E-state index contributed by atoms with van der Waals surface area (Å²) in [5.41, 5.74) is -5.59. The molecular formula is C7H3ClF4O3S. The van der Waals surface area contributed by atoms with Gasteiger partial charge in [-0.15, -0.1) is 0 Å². The summed E-state index contributed by atoms with van der Waals surface area (Å²) >= 11 is 5.22. The minimum atomic E-state index is -5.84. The molecule has 0 amide bonds. The van der Waals surface area contributed by atoms with E-state index in [4.69, 9.17) is 11.6 Å². The predicted molar refractivity (Wildman–Crippen MR) is 47.0 cm³/mol. The van der Waals surface area contributed by atoms with E-state index >= 15 is 0 Å². The molecular weight excluding hydrogens is 276 g/mol. The van der Waals surface area contributed by atoms with Crippen LogP contribution in [-0.2, 0) is 10.1 Å². The topological polar surface area (TPSA) is 43.4 Å². The Morgan fingerprint density at radius 1 is 1.25 bits per heavy atom. The summed E-state index contributed by atoms with van der Waals surface area (Å²) < 4.78 is 73.2. The van der Waals surface area contributed by atoms with Gasteiger partial charge in [-0.1, -0.05) is 17.7 Å². The highest BCUT2D eigenvalue weighted by Gasteiger charge is 2.48. The Labute approximate surface area is 92.7 Å². The Morgan fingerprint density at radius 3 is 2.31 bits per heavy atom. The van der Waals surface area contributed by atoms with Crippen LogP contribution >= 0.6 is 11.6 Å². The van der Waals surface area contributed by atoms with Crippen LogP contribution in [0.2, 0.25) is 5.02 Å². The zero-order valence-electron chi connectivity index (χ0n) is 7.25. The van der Waals surface area contributed by atoms with Crippen LogP contribution in [0.1, 0.15) is 0 Å². The van der Waals surface area contributed by atoms with Gasteiger partial charge >= 0.3 is 15.6 Å². The summed E-state index contributed by atoms with van der Waals surface area (Å²) in [6, 6.07) is 2.60. The van der Waals surface area contributed by atoms with Gasteiger partial charge in [-0.2, -0.15) is 21.6 Å². The molecule has 1 rings (SSSR count). The van der Waals surface area contributed by atoms with Gasteiger partial charge in [0.25, 0.3) is 0 Å². The van der Waals surface area contributed by atoms with Gasteiger partial charge in [-0.3, -0.25) is 0 Å². The molecule has 0 saturated carbocycles. The van der Waals surface area contributed by atoms with Gasteiger partial charge < -0.3 is 4.18 Å².